The van der Waals surface area contributed by atoms with Crippen molar-refractivity contribution in [1.82, 2.24) is 5.32 Å². The van der Waals surface area contributed by atoms with Gasteiger partial charge in [-0.3, -0.25) is 4.79 Å². The molecule has 4 N–H and O–H groups in total. The monoisotopic (exact) mass is 266 g/mol. The molecule has 0 radical (unpaired) electrons. The van der Waals surface area contributed by atoms with E-state index in [2.05, 4.69) is 5.32 Å². The molecule has 0 bridgehead atoms. The lowest BCUT2D eigenvalue weighted by Crippen LogP contribution is -2.41. The summed E-state index contributed by atoms with van der Waals surface area (Å²) in [5, 5.41) is 11.9. The van der Waals surface area contributed by atoms with Gasteiger partial charge in [-0.2, -0.15) is 0 Å². The Morgan fingerprint density at radius 1 is 1.47 bits per heavy atom. The topological polar surface area (TPSA) is 84.6 Å². The zero-order chi connectivity index (χ0) is 14.3. The molecule has 1 aromatic rings. The van der Waals surface area contributed by atoms with Crippen molar-refractivity contribution in [3.8, 4) is 5.75 Å². The maximum Gasteiger partial charge on any atom is 0.223 e. The molecule has 1 atom stereocenters. The van der Waals surface area contributed by atoms with E-state index in [0.29, 0.717) is 11.4 Å². The molecule has 0 saturated carbocycles. The van der Waals surface area contributed by atoms with Gasteiger partial charge < -0.3 is 20.9 Å². The van der Waals surface area contributed by atoms with Crippen molar-refractivity contribution in [2.45, 2.75) is 26.3 Å². The molecular formula is C14H22N2O3. The fourth-order valence-electron chi connectivity index (χ4n) is 1.57. The van der Waals surface area contributed by atoms with Gasteiger partial charge in [0.2, 0.25) is 5.91 Å². The molecule has 0 aliphatic rings. The van der Waals surface area contributed by atoms with Crippen LogP contribution in [0, 0.1) is 5.92 Å². The predicted octanol–water partition coefficient (Wildman–Crippen LogP) is 1.17. The van der Waals surface area contributed by atoms with Crippen LogP contribution in [0.5, 0.6) is 5.75 Å². The van der Waals surface area contributed by atoms with Crippen LogP contribution in [0.3, 0.4) is 0 Å². The predicted molar refractivity (Wildman–Crippen MR) is 74.8 cm³/mol. The SMILES string of the molecule is CC(C)[C@@H](CO)NC(=O)CCOc1cccc(N)c1. The number of anilines is 1. The molecule has 1 aromatic carbocycles. The van der Waals surface area contributed by atoms with Gasteiger partial charge in [-0.05, 0) is 18.1 Å². The second-order valence-electron chi connectivity index (χ2n) is 4.77. The maximum atomic E-state index is 11.6. The van der Waals surface area contributed by atoms with Gasteiger partial charge in [-0.15, -0.1) is 0 Å². The lowest BCUT2D eigenvalue weighted by molar-refractivity contribution is -0.122. The summed E-state index contributed by atoms with van der Waals surface area (Å²) in [4.78, 5) is 11.6. The molecule has 0 saturated heterocycles. The third-order valence-corrected chi connectivity index (χ3v) is 2.80. The Morgan fingerprint density at radius 3 is 2.79 bits per heavy atom. The summed E-state index contributed by atoms with van der Waals surface area (Å²) in [5.74, 6) is 0.718. The van der Waals surface area contributed by atoms with Gasteiger partial charge in [0.15, 0.2) is 0 Å². The Kier molecular flexibility index (Phi) is 6.15. The molecule has 0 aliphatic carbocycles. The molecular weight excluding hydrogens is 244 g/mol. The largest absolute Gasteiger partial charge is 0.493 e. The summed E-state index contributed by atoms with van der Waals surface area (Å²) in [6, 6.07) is 6.86. The maximum absolute atomic E-state index is 11.6. The summed E-state index contributed by atoms with van der Waals surface area (Å²) in [5.41, 5.74) is 6.25. The zero-order valence-corrected chi connectivity index (χ0v) is 11.4. The number of amides is 1. The molecule has 0 aliphatic heterocycles. The number of aliphatic hydroxyl groups excluding tert-OH is 1. The van der Waals surface area contributed by atoms with Crippen LogP contribution >= 0.6 is 0 Å². The Labute approximate surface area is 113 Å². The number of nitrogen functional groups attached to an aromatic ring is 1. The number of carbonyl (C=O) groups is 1. The second kappa shape index (κ2) is 7.63. The Balaban J connectivity index is 2.31. The van der Waals surface area contributed by atoms with Crippen LogP contribution < -0.4 is 15.8 Å². The van der Waals surface area contributed by atoms with E-state index in [9.17, 15) is 4.79 Å². The number of aliphatic hydroxyl groups is 1. The Hall–Kier alpha value is -1.75. The lowest BCUT2D eigenvalue weighted by Gasteiger charge is -2.19. The minimum absolute atomic E-state index is 0.0561. The van der Waals surface area contributed by atoms with E-state index in [1.165, 1.54) is 0 Å². The van der Waals surface area contributed by atoms with Crippen molar-refractivity contribution in [3.63, 3.8) is 0 Å². The first-order valence-electron chi connectivity index (χ1n) is 6.41. The molecule has 5 heteroatoms. The molecule has 0 heterocycles. The molecule has 5 nitrogen and oxygen atoms in total. The first-order chi connectivity index (χ1) is 9.02. The molecule has 0 fully saturated rings. The van der Waals surface area contributed by atoms with Gasteiger partial charge in [0.25, 0.3) is 0 Å². The highest BCUT2D eigenvalue weighted by molar-refractivity contribution is 5.76. The van der Waals surface area contributed by atoms with Crippen molar-refractivity contribution in [2.24, 2.45) is 5.92 Å². The minimum Gasteiger partial charge on any atom is -0.493 e. The molecule has 19 heavy (non-hydrogen) atoms. The summed E-state index contributed by atoms with van der Waals surface area (Å²) in [7, 11) is 0. The zero-order valence-electron chi connectivity index (χ0n) is 11.4. The van der Waals surface area contributed by atoms with E-state index in [4.69, 9.17) is 15.6 Å². The van der Waals surface area contributed by atoms with Crippen LogP contribution in [0.15, 0.2) is 24.3 Å². The third kappa shape index (κ3) is 5.61. The summed E-state index contributed by atoms with van der Waals surface area (Å²) < 4.78 is 5.43. The Bertz CT molecular complexity index is 407. The third-order valence-electron chi connectivity index (χ3n) is 2.80. The van der Waals surface area contributed by atoms with Crippen molar-refractivity contribution in [1.29, 1.82) is 0 Å². The number of hydrogen-bond acceptors (Lipinski definition) is 4. The van der Waals surface area contributed by atoms with E-state index in [0.717, 1.165) is 0 Å². The van der Waals surface area contributed by atoms with Gasteiger partial charge in [-0.25, -0.2) is 0 Å². The molecule has 0 aromatic heterocycles. The van der Waals surface area contributed by atoms with Crippen molar-refractivity contribution >= 4 is 11.6 Å². The minimum atomic E-state index is -0.208. The second-order valence-corrected chi connectivity index (χ2v) is 4.77. The number of benzene rings is 1. The van der Waals surface area contributed by atoms with Crippen molar-refractivity contribution in [2.75, 3.05) is 18.9 Å². The van der Waals surface area contributed by atoms with Crippen LogP contribution in [-0.4, -0.2) is 30.3 Å². The fourth-order valence-corrected chi connectivity index (χ4v) is 1.57. The summed E-state index contributed by atoms with van der Waals surface area (Å²) in [6.45, 7) is 4.12. The number of rotatable bonds is 7. The van der Waals surface area contributed by atoms with Gasteiger partial charge in [-0.1, -0.05) is 19.9 Å². The number of carbonyl (C=O) groups excluding carboxylic acids is 1. The average Bonchev–Trinajstić information content (AvgIpc) is 2.35. The highest BCUT2D eigenvalue weighted by Gasteiger charge is 2.14. The molecule has 0 unspecified atom stereocenters. The molecule has 1 amide bonds. The van der Waals surface area contributed by atoms with E-state index in [1.807, 2.05) is 13.8 Å². The van der Waals surface area contributed by atoms with Crippen LogP contribution in [0.25, 0.3) is 0 Å². The number of nitrogens with one attached hydrogen (secondary N) is 1. The Morgan fingerprint density at radius 2 is 2.21 bits per heavy atom. The smallest absolute Gasteiger partial charge is 0.223 e. The van der Waals surface area contributed by atoms with Crippen LogP contribution in [0.2, 0.25) is 0 Å². The fraction of sp³-hybridized carbons (Fsp3) is 0.500. The molecule has 106 valence electrons. The van der Waals surface area contributed by atoms with Crippen molar-refractivity contribution in [3.05, 3.63) is 24.3 Å². The molecule has 1 rings (SSSR count). The quantitative estimate of drug-likeness (QED) is 0.647. The van der Waals surface area contributed by atoms with Gasteiger partial charge in [0, 0.05) is 11.8 Å². The van der Waals surface area contributed by atoms with Gasteiger partial charge in [0.1, 0.15) is 5.75 Å². The highest BCUT2D eigenvalue weighted by atomic mass is 16.5. The van der Waals surface area contributed by atoms with Gasteiger partial charge in [0.05, 0.1) is 25.7 Å². The normalized spacial score (nSPS) is 12.2. The average molecular weight is 266 g/mol. The first kappa shape index (κ1) is 15.3. The number of nitrogens with two attached hydrogens (primary N) is 1. The van der Waals surface area contributed by atoms with Crippen LogP contribution in [0.1, 0.15) is 20.3 Å². The van der Waals surface area contributed by atoms with E-state index >= 15 is 0 Å². The van der Waals surface area contributed by atoms with Crippen LogP contribution in [0.4, 0.5) is 5.69 Å². The standard InChI is InChI=1S/C14H22N2O3/c1-10(2)13(9-17)16-14(18)6-7-19-12-5-3-4-11(15)8-12/h3-5,8,10,13,17H,6-7,9,15H2,1-2H3,(H,16,18)/t13-/m1/s1. The van der Waals surface area contributed by atoms with Gasteiger partial charge >= 0.3 is 0 Å². The summed E-state index contributed by atoms with van der Waals surface area (Å²) >= 11 is 0. The van der Waals surface area contributed by atoms with Crippen molar-refractivity contribution < 1.29 is 14.6 Å². The highest BCUT2D eigenvalue weighted by Crippen LogP contribution is 2.14. The first-order valence-corrected chi connectivity index (χ1v) is 6.41. The summed E-state index contributed by atoms with van der Waals surface area (Å²) in [6.07, 6.45) is 0.248. The van der Waals surface area contributed by atoms with E-state index in [1.54, 1.807) is 24.3 Å². The van der Waals surface area contributed by atoms with E-state index in [-0.39, 0.29) is 37.5 Å². The number of hydrogen-bond donors (Lipinski definition) is 3. The molecule has 0 spiro atoms. The van der Waals surface area contributed by atoms with Crippen LogP contribution in [-0.2, 0) is 4.79 Å². The van der Waals surface area contributed by atoms with E-state index < -0.39 is 0 Å². The lowest BCUT2D eigenvalue weighted by atomic mass is 10.1. The number of ether oxygens (including phenoxy) is 1.